The van der Waals surface area contributed by atoms with Crippen LogP contribution in [0, 0.1) is 0 Å². The molecule has 0 saturated carbocycles. The molecule has 1 fully saturated rings. The Kier molecular flexibility index (Phi) is 5.11. The van der Waals surface area contributed by atoms with Gasteiger partial charge in [0.25, 0.3) is 5.91 Å². The van der Waals surface area contributed by atoms with Gasteiger partial charge in [0, 0.05) is 36.3 Å². The standard InChI is InChI=1S/C20H21N5OS/c1-21-18-9-8-16(23-24-18)14-5-4-6-15(13-14)20(26)25-11-3-2-7-17(25)19-22-10-12-27-19/h4-6,8-10,12-13,17H,2-3,7,11H2,1H3,(H,21,24)/t17-/m0/s1. The van der Waals surface area contributed by atoms with Crippen molar-refractivity contribution in [3.63, 3.8) is 0 Å². The number of nitrogens with zero attached hydrogens (tertiary/aromatic N) is 4. The van der Waals surface area contributed by atoms with Crippen LogP contribution in [0.15, 0.2) is 48.0 Å². The minimum Gasteiger partial charge on any atom is -0.372 e. The molecule has 1 aliphatic heterocycles. The van der Waals surface area contributed by atoms with Gasteiger partial charge in [-0.1, -0.05) is 12.1 Å². The molecule has 138 valence electrons. The maximum atomic E-state index is 13.2. The Labute approximate surface area is 162 Å². The van der Waals surface area contributed by atoms with Gasteiger partial charge in [-0.3, -0.25) is 4.79 Å². The van der Waals surface area contributed by atoms with Gasteiger partial charge in [0.15, 0.2) is 0 Å². The first-order chi connectivity index (χ1) is 13.3. The smallest absolute Gasteiger partial charge is 0.254 e. The molecule has 0 bridgehead atoms. The Morgan fingerprint density at radius 1 is 1.22 bits per heavy atom. The van der Waals surface area contributed by atoms with Crippen LogP contribution < -0.4 is 5.32 Å². The zero-order valence-corrected chi connectivity index (χ0v) is 15.9. The van der Waals surface area contributed by atoms with E-state index in [-0.39, 0.29) is 11.9 Å². The maximum absolute atomic E-state index is 13.2. The zero-order chi connectivity index (χ0) is 18.6. The van der Waals surface area contributed by atoms with Crippen LogP contribution in [0.5, 0.6) is 0 Å². The molecule has 1 N–H and O–H groups in total. The number of nitrogens with one attached hydrogen (secondary N) is 1. The van der Waals surface area contributed by atoms with E-state index in [1.807, 2.05) is 52.9 Å². The summed E-state index contributed by atoms with van der Waals surface area (Å²) in [6.07, 6.45) is 4.94. The van der Waals surface area contributed by atoms with Crippen molar-refractivity contribution in [3.05, 3.63) is 58.5 Å². The van der Waals surface area contributed by atoms with E-state index in [1.165, 1.54) is 0 Å². The largest absolute Gasteiger partial charge is 0.372 e. The van der Waals surface area contributed by atoms with Gasteiger partial charge in [0.1, 0.15) is 10.8 Å². The number of anilines is 1. The van der Waals surface area contributed by atoms with Crippen LogP contribution >= 0.6 is 11.3 Å². The van der Waals surface area contributed by atoms with E-state index in [0.29, 0.717) is 11.4 Å². The lowest BCUT2D eigenvalue weighted by molar-refractivity contribution is 0.0611. The van der Waals surface area contributed by atoms with Crippen molar-refractivity contribution in [3.8, 4) is 11.3 Å². The second-order valence-corrected chi connectivity index (χ2v) is 7.44. The molecule has 27 heavy (non-hydrogen) atoms. The molecule has 1 atom stereocenters. The van der Waals surface area contributed by atoms with Gasteiger partial charge in [-0.05, 0) is 43.5 Å². The van der Waals surface area contributed by atoms with E-state index in [2.05, 4.69) is 20.5 Å². The maximum Gasteiger partial charge on any atom is 0.254 e. The van der Waals surface area contributed by atoms with Gasteiger partial charge in [0.2, 0.25) is 0 Å². The van der Waals surface area contributed by atoms with Crippen molar-refractivity contribution >= 4 is 23.1 Å². The third-order valence-electron chi connectivity index (χ3n) is 4.83. The highest BCUT2D eigenvalue weighted by Crippen LogP contribution is 2.33. The number of thiazole rings is 1. The molecular weight excluding hydrogens is 358 g/mol. The van der Waals surface area contributed by atoms with E-state index in [4.69, 9.17) is 0 Å². The summed E-state index contributed by atoms with van der Waals surface area (Å²) in [4.78, 5) is 19.7. The Balaban J connectivity index is 1.61. The molecule has 1 amide bonds. The normalized spacial score (nSPS) is 16.9. The lowest BCUT2D eigenvalue weighted by atomic mass is 10.00. The van der Waals surface area contributed by atoms with Crippen molar-refractivity contribution in [2.45, 2.75) is 25.3 Å². The molecule has 1 saturated heterocycles. The topological polar surface area (TPSA) is 71.0 Å². The Bertz CT molecular complexity index is 910. The molecule has 0 radical (unpaired) electrons. The second-order valence-electron chi connectivity index (χ2n) is 6.52. The van der Waals surface area contributed by atoms with E-state index in [9.17, 15) is 4.79 Å². The van der Waals surface area contributed by atoms with Crippen molar-refractivity contribution in [1.29, 1.82) is 0 Å². The summed E-state index contributed by atoms with van der Waals surface area (Å²) in [5.74, 6) is 0.766. The summed E-state index contributed by atoms with van der Waals surface area (Å²) in [7, 11) is 1.81. The number of aromatic nitrogens is 3. The molecule has 6 nitrogen and oxygen atoms in total. The first-order valence-electron chi connectivity index (χ1n) is 9.08. The van der Waals surface area contributed by atoms with E-state index in [0.717, 1.165) is 42.1 Å². The monoisotopic (exact) mass is 379 g/mol. The highest BCUT2D eigenvalue weighted by molar-refractivity contribution is 7.09. The number of piperidine rings is 1. The number of carbonyl (C=O) groups is 1. The van der Waals surface area contributed by atoms with Crippen LogP contribution in [-0.2, 0) is 0 Å². The van der Waals surface area contributed by atoms with Gasteiger partial charge in [0.05, 0.1) is 11.7 Å². The summed E-state index contributed by atoms with van der Waals surface area (Å²) in [5, 5.41) is 14.3. The average molecular weight is 379 g/mol. The molecule has 1 aliphatic rings. The van der Waals surface area contributed by atoms with Crippen LogP contribution in [-0.4, -0.2) is 39.6 Å². The van der Waals surface area contributed by atoms with E-state index < -0.39 is 0 Å². The number of rotatable bonds is 4. The van der Waals surface area contributed by atoms with Crippen LogP contribution in [0.2, 0.25) is 0 Å². The molecule has 0 aliphatic carbocycles. The lowest BCUT2D eigenvalue weighted by Crippen LogP contribution is -2.38. The van der Waals surface area contributed by atoms with Crippen LogP contribution in [0.3, 0.4) is 0 Å². The van der Waals surface area contributed by atoms with Crippen molar-refractivity contribution < 1.29 is 4.79 Å². The fourth-order valence-corrected chi connectivity index (χ4v) is 4.21. The lowest BCUT2D eigenvalue weighted by Gasteiger charge is -2.34. The van der Waals surface area contributed by atoms with E-state index in [1.54, 1.807) is 18.4 Å². The number of carbonyl (C=O) groups excluding carboxylic acids is 1. The summed E-state index contributed by atoms with van der Waals surface area (Å²) < 4.78 is 0. The molecule has 2 aromatic heterocycles. The Morgan fingerprint density at radius 3 is 2.89 bits per heavy atom. The molecule has 7 heteroatoms. The highest BCUT2D eigenvalue weighted by atomic mass is 32.1. The fraction of sp³-hybridized carbons (Fsp3) is 0.300. The number of hydrogen-bond acceptors (Lipinski definition) is 6. The summed E-state index contributed by atoms with van der Waals surface area (Å²) >= 11 is 1.62. The highest BCUT2D eigenvalue weighted by Gasteiger charge is 2.30. The number of benzene rings is 1. The molecule has 3 aromatic rings. The molecule has 0 spiro atoms. The van der Waals surface area contributed by atoms with Gasteiger partial charge in [-0.15, -0.1) is 21.5 Å². The fourth-order valence-electron chi connectivity index (χ4n) is 3.43. The Morgan fingerprint density at radius 2 is 2.15 bits per heavy atom. The minimum absolute atomic E-state index is 0.0524. The quantitative estimate of drug-likeness (QED) is 0.742. The molecular formula is C20H21N5OS. The summed E-state index contributed by atoms with van der Waals surface area (Å²) in [6, 6.07) is 11.5. The summed E-state index contributed by atoms with van der Waals surface area (Å²) in [5.41, 5.74) is 2.31. The number of likely N-dealkylation sites (tertiary alicyclic amines) is 1. The van der Waals surface area contributed by atoms with Crippen LogP contribution in [0.4, 0.5) is 5.82 Å². The SMILES string of the molecule is CNc1ccc(-c2cccc(C(=O)N3CCCC[C@H]3c3nccs3)c2)nn1. The number of hydrogen-bond donors (Lipinski definition) is 1. The first-order valence-corrected chi connectivity index (χ1v) is 9.96. The van der Waals surface area contributed by atoms with Crippen LogP contribution in [0.25, 0.3) is 11.3 Å². The Hall–Kier alpha value is -2.80. The van der Waals surface area contributed by atoms with Crippen LogP contribution in [0.1, 0.15) is 40.7 Å². The van der Waals surface area contributed by atoms with Gasteiger partial charge >= 0.3 is 0 Å². The predicted molar refractivity (Wildman–Crippen MR) is 107 cm³/mol. The van der Waals surface area contributed by atoms with Gasteiger partial charge in [-0.2, -0.15) is 0 Å². The molecule has 1 aromatic carbocycles. The third-order valence-corrected chi connectivity index (χ3v) is 5.70. The third kappa shape index (κ3) is 3.68. The molecule has 4 rings (SSSR count). The molecule has 0 unspecified atom stereocenters. The van der Waals surface area contributed by atoms with Gasteiger partial charge < -0.3 is 10.2 Å². The van der Waals surface area contributed by atoms with Crippen molar-refractivity contribution in [1.82, 2.24) is 20.1 Å². The van der Waals surface area contributed by atoms with Crippen molar-refractivity contribution in [2.24, 2.45) is 0 Å². The average Bonchev–Trinajstić information content (AvgIpc) is 3.28. The van der Waals surface area contributed by atoms with Crippen molar-refractivity contribution in [2.75, 3.05) is 18.9 Å². The number of amides is 1. The molecule has 3 heterocycles. The minimum atomic E-state index is 0.0524. The second kappa shape index (κ2) is 7.84. The first kappa shape index (κ1) is 17.6. The predicted octanol–water partition coefficient (Wildman–Crippen LogP) is 4.01. The van der Waals surface area contributed by atoms with Gasteiger partial charge in [-0.25, -0.2) is 4.98 Å². The van der Waals surface area contributed by atoms with E-state index >= 15 is 0 Å². The summed E-state index contributed by atoms with van der Waals surface area (Å²) in [6.45, 7) is 0.768. The zero-order valence-electron chi connectivity index (χ0n) is 15.1.